The van der Waals surface area contributed by atoms with Crippen LogP contribution in [-0.2, 0) is 4.79 Å². The number of hydrogen-bond donors (Lipinski definition) is 2. The standard InChI is InChI=1S/C32H31N3O5/c1-20-9-11-23(17-21(20)2)33-30(36)19-40-28-16-10-22(18-29(28)39-4)31-34-27-8-6-5-7-26(27)32(37)35(31)24-12-14-25(38-3)15-13-24/h5-18,31,34H,19H2,1-4H3,(H,33,36)/t31-/m1/s1. The summed E-state index contributed by atoms with van der Waals surface area (Å²) in [4.78, 5) is 28.0. The topological polar surface area (TPSA) is 89.1 Å². The molecule has 0 saturated carbocycles. The molecule has 0 aliphatic carbocycles. The van der Waals surface area contributed by atoms with Crippen LogP contribution in [0.4, 0.5) is 17.1 Å². The summed E-state index contributed by atoms with van der Waals surface area (Å²) in [7, 11) is 3.14. The molecule has 0 fully saturated rings. The molecule has 5 rings (SSSR count). The zero-order valence-corrected chi connectivity index (χ0v) is 22.9. The van der Waals surface area contributed by atoms with E-state index in [4.69, 9.17) is 14.2 Å². The van der Waals surface area contributed by atoms with E-state index >= 15 is 0 Å². The predicted octanol–water partition coefficient (Wildman–Crippen LogP) is 6.11. The van der Waals surface area contributed by atoms with Crippen LogP contribution in [0.5, 0.6) is 17.2 Å². The predicted molar refractivity (Wildman–Crippen MR) is 156 cm³/mol. The van der Waals surface area contributed by atoms with Crippen molar-refractivity contribution in [1.29, 1.82) is 0 Å². The minimum atomic E-state index is -0.521. The van der Waals surface area contributed by atoms with Crippen LogP contribution >= 0.6 is 0 Å². The minimum Gasteiger partial charge on any atom is -0.497 e. The number of amides is 2. The normalized spacial score (nSPS) is 14.2. The van der Waals surface area contributed by atoms with Crippen molar-refractivity contribution in [2.24, 2.45) is 0 Å². The zero-order chi connectivity index (χ0) is 28.2. The monoisotopic (exact) mass is 537 g/mol. The Kier molecular flexibility index (Phi) is 7.59. The Labute approximate surface area is 233 Å². The smallest absolute Gasteiger partial charge is 0.262 e. The molecule has 4 aromatic carbocycles. The number of aryl methyl sites for hydroxylation is 2. The van der Waals surface area contributed by atoms with Gasteiger partial charge in [0.15, 0.2) is 18.1 Å². The van der Waals surface area contributed by atoms with E-state index in [-0.39, 0.29) is 18.4 Å². The van der Waals surface area contributed by atoms with Crippen molar-refractivity contribution in [3.63, 3.8) is 0 Å². The first-order valence-corrected chi connectivity index (χ1v) is 12.9. The van der Waals surface area contributed by atoms with Crippen molar-refractivity contribution in [3.05, 3.63) is 107 Å². The van der Waals surface area contributed by atoms with Crippen molar-refractivity contribution >= 4 is 28.9 Å². The molecule has 0 saturated heterocycles. The van der Waals surface area contributed by atoms with E-state index in [9.17, 15) is 9.59 Å². The molecule has 0 aromatic heterocycles. The van der Waals surface area contributed by atoms with Crippen LogP contribution in [0.1, 0.15) is 33.2 Å². The van der Waals surface area contributed by atoms with Crippen molar-refractivity contribution < 1.29 is 23.8 Å². The molecule has 0 bridgehead atoms. The zero-order valence-electron chi connectivity index (χ0n) is 22.9. The quantitative estimate of drug-likeness (QED) is 0.282. The second-order valence-corrected chi connectivity index (χ2v) is 9.51. The van der Waals surface area contributed by atoms with Gasteiger partial charge in [0.25, 0.3) is 11.8 Å². The SMILES string of the molecule is COc1ccc(N2C(=O)c3ccccc3N[C@H]2c2ccc(OCC(=O)Nc3ccc(C)c(C)c3)c(OC)c2)cc1. The highest BCUT2D eigenvalue weighted by atomic mass is 16.5. The lowest BCUT2D eigenvalue weighted by Crippen LogP contribution is -2.43. The first kappa shape index (κ1) is 26.6. The van der Waals surface area contributed by atoms with E-state index in [0.29, 0.717) is 34.2 Å². The molecule has 0 spiro atoms. The van der Waals surface area contributed by atoms with Gasteiger partial charge in [0.2, 0.25) is 0 Å². The lowest BCUT2D eigenvalue weighted by Gasteiger charge is -2.38. The number of benzene rings is 4. The fourth-order valence-electron chi connectivity index (χ4n) is 4.63. The van der Waals surface area contributed by atoms with Crippen LogP contribution in [0.15, 0.2) is 84.9 Å². The molecule has 204 valence electrons. The molecular weight excluding hydrogens is 506 g/mol. The molecule has 2 N–H and O–H groups in total. The Balaban J connectivity index is 1.39. The number of para-hydroxylation sites is 1. The van der Waals surface area contributed by atoms with Gasteiger partial charge in [-0.1, -0.05) is 24.3 Å². The number of hydrogen-bond acceptors (Lipinski definition) is 6. The molecule has 0 unspecified atom stereocenters. The summed E-state index contributed by atoms with van der Waals surface area (Å²) in [6, 6.07) is 25.9. The first-order valence-electron chi connectivity index (χ1n) is 12.9. The fraction of sp³-hybridized carbons (Fsp3) is 0.188. The largest absolute Gasteiger partial charge is 0.497 e. The third-order valence-electron chi connectivity index (χ3n) is 6.93. The Bertz CT molecular complexity index is 1550. The fourth-order valence-corrected chi connectivity index (χ4v) is 4.63. The first-order chi connectivity index (χ1) is 19.4. The molecular formula is C32H31N3O5. The van der Waals surface area contributed by atoms with Gasteiger partial charge in [-0.15, -0.1) is 0 Å². The van der Waals surface area contributed by atoms with Crippen LogP contribution in [-0.4, -0.2) is 32.6 Å². The number of anilines is 3. The number of fused-ring (bicyclic) bond motifs is 1. The second-order valence-electron chi connectivity index (χ2n) is 9.51. The number of methoxy groups -OCH3 is 2. The molecule has 1 atom stereocenters. The van der Waals surface area contributed by atoms with Gasteiger partial charge in [0, 0.05) is 17.1 Å². The molecule has 1 aliphatic rings. The second kappa shape index (κ2) is 11.4. The van der Waals surface area contributed by atoms with E-state index in [2.05, 4.69) is 10.6 Å². The van der Waals surface area contributed by atoms with E-state index in [1.807, 2.05) is 86.6 Å². The maximum absolute atomic E-state index is 13.7. The molecule has 8 nitrogen and oxygen atoms in total. The maximum Gasteiger partial charge on any atom is 0.262 e. The van der Waals surface area contributed by atoms with E-state index in [0.717, 1.165) is 22.4 Å². The highest BCUT2D eigenvalue weighted by molar-refractivity contribution is 6.12. The van der Waals surface area contributed by atoms with Gasteiger partial charge in [-0.3, -0.25) is 14.5 Å². The molecule has 8 heteroatoms. The number of nitrogens with one attached hydrogen (secondary N) is 2. The van der Waals surface area contributed by atoms with Crippen LogP contribution in [0.3, 0.4) is 0 Å². The van der Waals surface area contributed by atoms with E-state index in [1.54, 1.807) is 24.1 Å². The average molecular weight is 538 g/mol. The third-order valence-corrected chi connectivity index (χ3v) is 6.93. The number of nitrogens with zero attached hydrogens (tertiary/aromatic N) is 1. The lowest BCUT2D eigenvalue weighted by molar-refractivity contribution is -0.118. The number of rotatable bonds is 8. The van der Waals surface area contributed by atoms with E-state index in [1.165, 1.54) is 7.11 Å². The summed E-state index contributed by atoms with van der Waals surface area (Å²) >= 11 is 0. The minimum absolute atomic E-state index is 0.133. The van der Waals surface area contributed by atoms with Crippen LogP contribution in [0.25, 0.3) is 0 Å². The highest BCUT2D eigenvalue weighted by Crippen LogP contribution is 2.39. The Hall–Kier alpha value is -4.98. The Morgan fingerprint density at radius 3 is 2.38 bits per heavy atom. The summed E-state index contributed by atoms with van der Waals surface area (Å²) in [5.41, 5.74) is 5.77. The van der Waals surface area contributed by atoms with Gasteiger partial charge < -0.3 is 24.8 Å². The van der Waals surface area contributed by atoms with Gasteiger partial charge in [-0.05, 0) is 91.2 Å². The molecule has 2 amide bonds. The van der Waals surface area contributed by atoms with Crippen molar-refractivity contribution in [1.82, 2.24) is 0 Å². The summed E-state index contributed by atoms with van der Waals surface area (Å²) in [5, 5.41) is 6.35. The average Bonchev–Trinajstić information content (AvgIpc) is 2.98. The van der Waals surface area contributed by atoms with E-state index < -0.39 is 6.17 Å². The summed E-state index contributed by atoms with van der Waals surface area (Å²) in [6.07, 6.45) is -0.521. The molecule has 1 aliphatic heterocycles. The number of ether oxygens (including phenoxy) is 3. The summed E-state index contributed by atoms with van der Waals surface area (Å²) in [6.45, 7) is 3.83. The van der Waals surface area contributed by atoms with Crippen molar-refractivity contribution in [3.8, 4) is 17.2 Å². The maximum atomic E-state index is 13.7. The summed E-state index contributed by atoms with van der Waals surface area (Å²) in [5.74, 6) is 1.14. The van der Waals surface area contributed by atoms with Crippen molar-refractivity contribution in [2.45, 2.75) is 20.0 Å². The molecule has 4 aromatic rings. The summed E-state index contributed by atoms with van der Waals surface area (Å²) < 4.78 is 16.7. The highest BCUT2D eigenvalue weighted by Gasteiger charge is 2.34. The van der Waals surface area contributed by atoms with Crippen molar-refractivity contribution in [2.75, 3.05) is 36.4 Å². The van der Waals surface area contributed by atoms with Gasteiger partial charge in [-0.25, -0.2) is 0 Å². The molecule has 40 heavy (non-hydrogen) atoms. The van der Waals surface area contributed by atoms with Gasteiger partial charge in [0.05, 0.1) is 19.8 Å². The van der Waals surface area contributed by atoms with Crippen LogP contribution in [0.2, 0.25) is 0 Å². The molecule has 1 heterocycles. The Morgan fingerprint density at radius 1 is 0.875 bits per heavy atom. The lowest BCUT2D eigenvalue weighted by atomic mass is 10.0. The van der Waals surface area contributed by atoms with Gasteiger partial charge in [-0.2, -0.15) is 0 Å². The molecule has 0 radical (unpaired) electrons. The van der Waals surface area contributed by atoms with Crippen LogP contribution in [0, 0.1) is 13.8 Å². The van der Waals surface area contributed by atoms with Gasteiger partial charge >= 0.3 is 0 Å². The number of carbonyl (C=O) groups is 2. The number of carbonyl (C=O) groups excluding carboxylic acids is 2. The third kappa shape index (κ3) is 5.42. The van der Waals surface area contributed by atoms with Crippen LogP contribution < -0.4 is 29.7 Å². The van der Waals surface area contributed by atoms with Gasteiger partial charge in [0.1, 0.15) is 11.9 Å². The Morgan fingerprint density at radius 2 is 1.65 bits per heavy atom.